The second-order valence-electron chi connectivity index (χ2n) is 4.66. The molecule has 90 valence electrons. The third-order valence-electron chi connectivity index (χ3n) is 3.03. The number of pyridine rings is 2. The highest BCUT2D eigenvalue weighted by Gasteiger charge is 2.17. The molecule has 0 saturated carbocycles. The van der Waals surface area contributed by atoms with Crippen LogP contribution in [0.1, 0.15) is 25.5 Å². The molecule has 0 atom stereocenters. The molecule has 0 amide bonds. The van der Waals surface area contributed by atoms with Crippen LogP contribution in [-0.2, 0) is 0 Å². The summed E-state index contributed by atoms with van der Waals surface area (Å²) in [5.41, 5.74) is 4.34. The molecule has 0 aliphatic heterocycles. The van der Waals surface area contributed by atoms with Crippen LogP contribution in [0.2, 0.25) is 0 Å². The van der Waals surface area contributed by atoms with Crippen molar-refractivity contribution in [2.45, 2.75) is 19.8 Å². The van der Waals surface area contributed by atoms with Crippen LogP contribution in [0.3, 0.4) is 0 Å². The monoisotopic (exact) mass is 237 g/mol. The van der Waals surface area contributed by atoms with E-state index in [1.807, 2.05) is 47.2 Å². The van der Waals surface area contributed by atoms with Gasteiger partial charge < -0.3 is 0 Å². The van der Waals surface area contributed by atoms with E-state index in [2.05, 4.69) is 30.0 Å². The lowest BCUT2D eigenvalue weighted by molar-refractivity contribution is 0.789. The van der Waals surface area contributed by atoms with Crippen molar-refractivity contribution < 1.29 is 0 Å². The molecular weight excluding hydrogens is 222 g/mol. The van der Waals surface area contributed by atoms with Gasteiger partial charge in [0.05, 0.1) is 16.9 Å². The van der Waals surface area contributed by atoms with Crippen LogP contribution in [0.25, 0.3) is 16.8 Å². The lowest BCUT2D eigenvalue weighted by Gasteiger charge is -2.04. The first-order valence-corrected chi connectivity index (χ1v) is 6.16. The molecule has 3 rings (SSSR count). The van der Waals surface area contributed by atoms with Gasteiger partial charge in [-0.2, -0.15) is 5.10 Å². The van der Waals surface area contributed by atoms with Crippen molar-refractivity contribution in [2.75, 3.05) is 0 Å². The Balaban J connectivity index is 2.35. The molecule has 3 heterocycles. The molecule has 0 saturated heterocycles. The van der Waals surface area contributed by atoms with Crippen LogP contribution in [0.15, 0.2) is 48.8 Å². The molecule has 0 spiro atoms. The zero-order valence-corrected chi connectivity index (χ0v) is 10.5. The molecule has 18 heavy (non-hydrogen) atoms. The Morgan fingerprint density at radius 2 is 1.89 bits per heavy atom. The summed E-state index contributed by atoms with van der Waals surface area (Å²) in [6, 6.07) is 12.1. The average Bonchev–Trinajstić information content (AvgIpc) is 2.79. The summed E-state index contributed by atoms with van der Waals surface area (Å²) < 4.78 is 1.93. The van der Waals surface area contributed by atoms with Crippen molar-refractivity contribution in [1.29, 1.82) is 0 Å². The van der Waals surface area contributed by atoms with Gasteiger partial charge in [0, 0.05) is 18.0 Å². The molecule has 0 radical (unpaired) electrons. The van der Waals surface area contributed by atoms with Gasteiger partial charge in [-0.25, -0.2) is 4.52 Å². The highest BCUT2D eigenvalue weighted by Crippen LogP contribution is 2.31. The Hall–Kier alpha value is -2.16. The molecule has 0 aliphatic rings. The minimum absolute atomic E-state index is 0.377. The van der Waals surface area contributed by atoms with Crippen LogP contribution in [0.4, 0.5) is 0 Å². The van der Waals surface area contributed by atoms with Gasteiger partial charge in [0.25, 0.3) is 0 Å². The Kier molecular flexibility index (Phi) is 2.59. The zero-order valence-electron chi connectivity index (χ0n) is 10.5. The lowest BCUT2D eigenvalue weighted by atomic mass is 10.0. The summed E-state index contributed by atoms with van der Waals surface area (Å²) in [6.45, 7) is 4.32. The quantitative estimate of drug-likeness (QED) is 0.682. The minimum Gasteiger partial charge on any atom is -0.256 e. The molecule has 0 unspecified atom stereocenters. The van der Waals surface area contributed by atoms with Gasteiger partial charge >= 0.3 is 0 Å². The molecule has 3 aromatic heterocycles. The zero-order chi connectivity index (χ0) is 12.5. The Morgan fingerprint density at radius 3 is 2.61 bits per heavy atom. The molecule has 3 nitrogen and oxygen atoms in total. The Morgan fingerprint density at radius 1 is 1.06 bits per heavy atom. The number of aromatic nitrogens is 3. The molecule has 0 fully saturated rings. The van der Waals surface area contributed by atoms with Crippen LogP contribution >= 0.6 is 0 Å². The number of hydrogen-bond donors (Lipinski definition) is 0. The Bertz CT molecular complexity index is 669. The van der Waals surface area contributed by atoms with Crippen molar-refractivity contribution in [2.24, 2.45) is 0 Å². The largest absolute Gasteiger partial charge is 0.256 e. The maximum atomic E-state index is 4.67. The fourth-order valence-electron chi connectivity index (χ4n) is 2.19. The molecule has 0 N–H and O–H groups in total. The highest BCUT2D eigenvalue weighted by molar-refractivity contribution is 5.80. The van der Waals surface area contributed by atoms with Crippen molar-refractivity contribution in [3.63, 3.8) is 0 Å². The smallest absolute Gasteiger partial charge is 0.0758 e. The second-order valence-corrected chi connectivity index (χ2v) is 4.66. The summed E-state index contributed by atoms with van der Waals surface area (Å²) in [5.74, 6) is 0.377. The van der Waals surface area contributed by atoms with Gasteiger partial charge in [-0.15, -0.1) is 0 Å². The molecule has 0 aliphatic carbocycles. The topological polar surface area (TPSA) is 30.2 Å². The van der Waals surface area contributed by atoms with E-state index in [1.54, 1.807) is 0 Å². The van der Waals surface area contributed by atoms with E-state index in [9.17, 15) is 0 Å². The summed E-state index contributed by atoms with van der Waals surface area (Å²) in [5, 5.41) is 4.67. The maximum Gasteiger partial charge on any atom is 0.0758 e. The van der Waals surface area contributed by atoms with E-state index in [1.165, 1.54) is 0 Å². The van der Waals surface area contributed by atoms with E-state index >= 15 is 0 Å². The number of fused-ring (bicyclic) bond motifs is 1. The van der Waals surface area contributed by atoms with Crippen LogP contribution < -0.4 is 0 Å². The van der Waals surface area contributed by atoms with Crippen molar-refractivity contribution >= 4 is 5.52 Å². The molecule has 0 aromatic carbocycles. The van der Waals surface area contributed by atoms with Gasteiger partial charge in [-0.3, -0.25) is 4.98 Å². The van der Waals surface area contributed by atoms with E-state index in [0.29, 0.717) is 5.92 Å². The first-order chi connectivity index (χ1) is 8.77. The number of hydrogen-bond acceptors (Lipinski definition) is 2. The van der Waals surface area contributed by atoms with Gasteiger partial charge in [0.1, 0.15) is 0 Å². The highest BCUT2D eigenvalue weighted by atomic mass is 15.2. The molecule has 3 heteroatoms. The number of rotatable bonds is 2. The standard InChI is InChI=1S/C15H15N3/c1-11(2)15-14(12-7-3-5-9-16-12)13-8-4-6-10-18(13)17-15/h3-11H,1-2H3. The van der Waals surface area contributed by atoms with E-state index in [4.69, 9.17) is 0 Å². The third kappa shape index (κ3) is 1.68. The van der Waals surface area contributed by atoms with Gasteiger partial charge in [-0.05, 0) is 30.2 Å². The van der Waals surface area contributed by atoms with Crippen molar-refractivity contribution in [1.82, 2.24) is 14.6 Å². The average molecular weight is 237 g/mol. The van der Waals surface area contributed by atoms with E-state index < -0.39 is 0 Å². The number of nitrogens with zero attached hydrogens (tertiary/aromatic N) is 3. The molecule has 3 aromatic rings. The van der Waals surface area contributed by atoms with Crippen LogP contribution in [0, 0.1) is 0 Å². The fourth-order valence-corrected chi connectivity index (χ4v) is 2.19. The SMILES string of the molecule is CC(C)c1nn2ccccc2c1-c1ccccn1. The Labute approximate surface area is 106 Å². The van der Waals surface area contributed by atoms with Crippen molar-refractivity contribution in [3.05, 3.63) is 54.5 Å². The second kappa shape index (κ2) is 4.26. The summed E-state index contributed by atoms with van der Waals surface area (Å²) >= 11 is 0. The first-order valence-electron chi connectivity index (χ1n) is 6.16. The normalized spacial score (nSPS) is 11.3. The maximum absolute atomic E-state index is 4.67. The predicted molar refractivity (Wildman–Crippen MR) is 72.5 cm³/mol. The molecular formula is C15H15N3. The lowest BCUT2D eigenvalue weighted by Crippen LogP contribution is -1.92. The van der Waals surface area contributed by atoms with Gasteiger partial charge in [0.2, 0.25) is 0 Å². The van der Waals surface area contributed by atoms with Crippen molar-refractivity contribution in [3.8, 4) is 11.3 Å². The third-order valence-corrected chi connectivity index (χ3v) is 3.03. The van der Waals surface area contributed by atoms with Gasteiger partial charge in [-0.1, -0.05) is 26.0 Å². The summed E-state index contributed by atoms with van der Waals surface area (Å²) in [4.78, 5) is 4.46. The first kappa shape index (κ1) is 11.0. The van der Waals surface area contributed by atoms with E-state index in [0.717, 1.165) is 22.5 Å². The molecule has 0 bridgehead atoms. The van der Waals surface area contributed by atoms with Crippen LogP contribution in [0.5, 0.6) is 0 Å². The van der Waals surface area contributed by atoms with E-state index in [-0.39, 0.29) is 0 Å². The fraction of sp³-hybridized carbons (Fsp3) is 0.200. The summed E-state index contributed by atoms with van der Waals surface area (Å²) in [7, 11) is 0. The minimum atomic E-state index is 0.377. The predicted octanol–water partition coefficient (Wildman–Crippen LogP) is 3.52. The van der Waals surface area contributed by atoms with Gasteiger partial charge in [0.15, 0.2) is 0 Å². The van der Waals surface area contributed by atoms with Crippen LogP contribution in [-0.4, -0.2) is 14.6 Å². The summed E-state index contributed by atoms with van der Waals surface area (Å²) in [6.07, 6.45) is 3.81.